The lowest BCUT2D eigenvalue weighted by Gasteiger charge is -2.13. The smallest absolute Gasteiger partial charge is 0.307 e. The molecule has 0 spiro atoms. The Bertz CT molecular complexity index is 882. The topological polar surface area (TPSA) is 147 Å². The summed E-state index contributed by atoms with van der Waals surface area (Å²) < 4.78 is 53.3. The van der Waals surface area contributed by atoms with Crippen LogP contribution in [0.4, 0.5) is 0 Å². The fraction of sp³-hybridized carbons (Fsp3) is 0.700. The second-order valence-corrected chi connectivity index (χ2v) is 9.15. The second kappa shape index (κ2) is 25.8. The number of imide groups is 1. The van der Waals surface area contributed by atoms with Crippen molar-refractivity contribution >= 4 is 17.8 Å². The number of benzene rings is 1. The SMILES string of the molecule is COC(=O)CCOCCOCCOCCOCCOCCOCCOCCOCCOCCN1C(=O)c2ccccc2C1=O. The number of hydrogen-bond donors (Lipinski definition) is 0. The number of carbonyl (C=O) groups is 3. The number of ether oxygens (including phenoxy) is 10. The number of carbonyl (C=O) groups excluding carboxylic acids is 3. The number of fused-ring (bicyclic) bond motifs is 1. The Hall–Kier alpha value is -2.53. The lowest BCUT2D eigenvalue weighted by Crippen LogP contribution is -2.33. The molecule has 0 unspecified atom stereocenters. The van der Waals surface area contributed by atoms with E-state index < -0.39 is 0 Å². The Balaban J connectivity index is 1.20. The van der Waals surface area contributed by atoms with Crippen LogP contribution in [0.2, 0.25) is 0 Å². The fourth-order valence-electron chi connectivity index (χ4n) is 3.72. The van der Waals surface area contributed by atoms with Gasteiger partial charge in [-0.25, -0.2) is 0 Å². The van der Waals surface area contributed by atoms with E-state index in [4.69, 9.17) is 42.6 Å². The van der Waals surface area contributed by atoms with Gasteiger partial charge in [-0.3, -0.25) is 19.3 Å². The summed E-state index contributed by atoms with van der Waals surface area (Å²) in [6.45, 7) is 7.97. The average Bonchev–Trinajstić information content (AvgIpc) is 3.28. The van der Waals surface area contributed by atoms with Gasteiger partial charge < -0.3 is 47.4 Å². The van der Waals surface area contributed by atoms with Crippen molar-refractivity contribution in [3.63, 3.8) is 0 Å². The Kier molecular flexibility index (Phi) is 22.0. The van der Waals surface area contributed by atoms with Gasteiger partial charge in [0, 0.05) is 0 Å². The quantitative estimate of drug-likeness (QED) is 0.0678. The first-order chi connectivity index (χ1) is 21.6. The molecule has 0 aliphatic carbocycles. The molecule has 0 saturated carbocycles. The van der Waals surface area contributed by atoms with E-state index in [2.05, 4.69) is 4.74 Å². The highest BCUT2D eigenvalue weighted by atomic mass is 16.6. The second-order valence-electron chi connectivity index (χ2n) is 9.15. The third kappa shape index (κ3) is 17.1. The van der Waals surface area contributed by atoms with Gasteiger partial charge in [-0.15, -0.1) is 0 Å². The highest BCUT2D eigenvalue weighted by Crippen LogP contribution is 2.21. The van der Waals surface area contributed by atoms with Gasteiger partial charge in [0.15, 0.2) is 0 Å². The van der Waals surface area contributed by atoms with Gasteiger partial charge in [0.05, 0.1) is 150 Å². The molecule has 1 aliphatic heterocycles. The van der Waals surface area contributed by atoms with Crippen LogP contribution in [-0.2, 0) is 52.2 Å². The summed E-state index contributed by atoms with van der Waals surface area (Å²) in [4.78, 5) is 36.7. The molecule has 0 saturated heterocycles. The maximum absolute atomic E-state index is 12.3. The molecule has 14 nitrogen and oxygen atoms in total. The minimum absolute atomic E-state index is 0.211. The summed E-state index contributed by atoms with van der Waals surface area (Å²) in [5.41, 5.74) is 0.878. The normalized spacial score (nSPS) is 12.7. The number of hydrogen-bond acceptors (Lipinski definition) is 13. The Labute approximate surface area is 259 Å². The molecule has 0 bridgehead atoms. The van der Waals surface area contributed by atoms with E-state index in [1.165, 1.54) is 12.0 Å². The Morgan fingerprint density at radius 3 is 1.11 bits per heavy atom. The molecular formula is C30H47NO13. The summed E-state index contributed by atoms with van der Waals surface area (Å²) in [6, 6.07) is 6.80. The standard InChI is InChI=1S/C30H47NO13/c1-35-28(32)6-8-36-10-12-38-14-16-40-18-20-42-22-24-44-25-23-43-21-19-41-17-15-39-13-11-37-9-7-31-29(33)26-4-2-3-5-27(26)30(31)34/h2-5H,6-25H2,1H3. The molecule has 0 radical (unpaired) electrons. The van der Waals surface area contributed by atoms with Crippen molar-refractivity contribution < 1.29 is 61.8 Å². The number of rotatable bonds is 30. The summed E-state index contributed by atoms with van der Waals surface area (Å²) in [6.07, 6.45) is 0.238. The van der Waals surface area contributed by atoms with Crippen molar-refractivity contribution in [3.8, 4) is 0 Å². The van der Waals surface area contributed by atoms with Crippen LogP contribution in [0.25, 0.3) is 0 Å². The van der Waals surface area contributed by atoms with E-state index in [-0.39, 0.29) is 37.4 Å². The highest BCUT2D eigenvalue weighted by Gasteiger charge is 2.34. The van der Waals surface area contributed by atoms with E-state index in [9.17, 15) is 14.4 Å². The molecule has 1 aliphatic rings. The van der Waals surface area contributed by atoms with Gasteiger partial charge in [0.25, 0.3) is 11.8 Å². The molecule has 2 amide bonds. The third-order valence-corrected chi connectivity index (χ3v) is 5.99. The number of methoxy groups -OCH3 is 1. The predicted molar refractivity (Wildman–Crippen MR) is 156 cm³/mol. The van der Waals surface area contributed by atoms with E-state index >= 15 is 0 Å². The summed E-state index contributed by atoms with van der Waals surface area (Å²) in [5, 5.41) is 0. The van der Waals surface area contributed by atoms with Crippen molar-refractivity contribution in [2.75, 3.05) is 133 Å². The van der Waals surface area contributed by atoms with Gasteiger partial charge >= 0.3 is 5.97 Å². The van der Waals surface area contributed by atoms with E-state index in [1.807, 2.05) is 0 Å². The lowest BCUT2D eigenvalue weighted by atomic mass is 10.1. The molecule has 0 atom stereocenters. The molecule has 14 heteroatoms. The van der Waals surface area contributed by atoms with Crippen LogP contribution in [0, 0.1) is 0 Å². The minimum Gasteiger partial charge on any atom is -0.469 e. The van der Waals surface area contributed by atoms with Crippen LogP contribution in [0.5, 0.6) is 0 Å². The van der Waals surface area contributed by atoms with Gasteiger partial charge in [-0.05, 0) is 12.1 Å². The van der Waals surface area contributed by atoms with Crippen LogP contribution in [0.3, 0.4) is 0 Å². The van der Waals surface area contributed by atoms with E-state index in [0.29, 0.717) is 123 Å². The summed E-state index contributed by atoms with van der Waals surface area (Å²) in [5.74, 6) is -0.854. The maximum atomic E-state index is 12.3. The Morgan fingerprint density at radius 2 is 0.795 bits per heavy atom. The first-order valence-electron chi connectivity index (χ1n) is 14.9. The fourth-order valence-corrected chi connectivity index (χ4v) is 3.72. The zero-order valence-electron chi connectivity index (χ0n) is 25.7. The summed E-state index contributed by atoms with van der Waals surface area (Å²) in [7, 11) is 1.35. The molecule has 0 fully saturated rings. The van der Waals surface area contributed by atoms with Crippen molar-refractivity contribution in [2.24, 2.45) is 0 Å². The van der Waals surface area contributed by atoms with Crippen LogP contribution in [0.1, 0.15) is 27.1 Å². The van der Waals surface area contributed by atoms with Crippen molar-refractivity contribution in [1.29, 1.82) is 0 Å². The van der Waals surface area contributed by atoms with E-state index in [0.717, 1.165) is 0 Å². The predicted octanol–water partition coefficient (Wildman–Crippen LogP) is 0.995. The molecule has 44 heavy (non-hydrogen) atoms. The third-order valence-electron chi connectivity index (χ3n) is 5.99. The monoisotopic (exact) mass is 629 g/mol. The van der Waals surface area contributed by atoms with Crippen molar-refractivity contribution in [1.82, 2.24) is 4.90 Å². The number of nitrogens with zero attached hydrogens (tertiary/aromatic N) is 1. The van der Waals surface area contributed by atoms with Gasteiger partial charge in [-0.1, -0.05) is 12.1 Å². The number of esters is 1. The van der Waals surface area contributed by atoms with Gasteiger partial charge in [0.2, 0.25) is 0 Å². The first-order valence-corrected chi connectivity index (χ1v) is 14.9. The van der Waals surface area contributed by atoms with Crippen molar-refractivity contribution in [2.45, 2.75) is 6.42 Å². The van der Waals surface area contributed by atoms with E-state index in [1.54, 1.807) is 24.3 Å². The van der Waals surface area contributed by atoms with Crippen LogP contribution < -0.4 is 0 Å². The van der Waals surface area contributed by atoms with Crippen molar-refractivity contribution in [3.05, 3.63) is 35.4 Å². The maximum Gasteiger partial charge on any atom is 0.307 e. The molecule has 0 N–H and O–H groups in total. The molecule has 0 aromatic heterocycles. The molecule has 250 valence electrons. The average molecular weight is 630 g/mol. The minimum atomic E-state index is -0.292. The highest BCUT2D eigenvalue weighted by molar-refractivity contribution is 6.21. The largest absolute Gasteiger partial charge is 0.469 e. The first kappa shape index (κ1) is 37.7. The molecule has 1 aromatic rings. The van der Waals surface area contributed by atoms with Gasteiger partial charge in [-0.2, -0.15) is 0 Å². The molecule has 1 aromatic carbocycles. The van der Waals surface area contributed by atoms with Crippen LogP contribution >= 0.6 is 0 Å². The summed E-state index contributed by atoms with van der Waals surface area (Å²) >= 11 is 0. The van der Waals surface area contributed by atoms with Crippen LogP contribution in [0.15, 0.2) is 24.3 Å². The van der Waals surface area contributed by atoms with Gasteiger partial charge in [0.1, 0.15) is 0 Å². The Morgan fingerprint density at radius 1 is 0.500 bits per heavy atom. The van der Waals surface area contributed by atoms with Crippen LogP contribution in [-0.4, -0.2) is 155 Å². The lowest BCUT2D eigenvalue weighted by molar-refractivity contribution is -0.141. The zero-order chi connectivity index (χ0) is 31.5. The molecule has 1 heterocycles. The zero-order valence-corrected chi connectivity index (χ0v) is 25.7. The molecule has 2 rings (SSSR count). The number of amides is 2. The molecular weight excluding hydrogens is 582 g/mol.